The molecular formula is C16H30N2O2. The van der Waals surface area contributed by atoms with E-state index in [1.54, 1.807) is 0 Å². The first-order valence-corrected chi connectivity index (χ1v) is 8.00. The summed E-state index contributed by atoms with van der Waals surface area (Å²) in [6, 6.07) is 0.545. The summed E-state index contributed by atoms with van der Waals surface area (Å²) in [5, 5.41) is 3.42. The molecule has 0 aromatic heterocycles. The fourth-order valence-corrected chi connectivity index (χ4v) is 3.50. The van der Waals surface area contributed by atoms with Crippen LogP contribution in [0.3, 0.4) is 0 Å². The minimum atomic E-state index is -0.370. The van der Waals surface area contributed by atoms with Crippen molar-refractivity contribution in [2.24, 2.45) is 11.8 Å². The number of nitrogens with zero attached hydrogens (tertiary/aromatic N) is 1. The van der Waals surface area contributed by atoms with Crippen LogP contribution in [0.1, 0.15) is 46.5 Å². The van der Waals surface area contributed by atoms with Crippen LogP contribution in [0.15, 0.2) is 0 Å². The Morgan fingerprint density at radius 1 is 1.20 bits per heavy atom. The third-order valence-electron chi connectivity index (χ3n) is 4.59. The van der Waals surface area contributed by atoms with Crippen LogP contribution < -0.4 is 5.32 Å². The summed E-state index contributed by atoms with van der Waals surface area (Å²) < 4.78 is 5.58. The molecule has 0 aliphatic carbocycles. The molecule has 0 saturated carbocycles. The number of carbonyl (C=O) groups is 1. The number of hydrogen-bond donors (Lipinski definition) is 1. The quantitative estimate of drug-likeness (QED) is 0.787. The summed E-state index contributed by atoms with van der Waals surface area (Å²) in [7, 11) is 2.21. The number of carbonyl (C=O) groups excluding carboxylic acids is 1. The van der Waals surface area contributed by atoms with Gasteiger partial charge in [0, 0.05) is 6.04 Å². The van der Waals surface area contributed by atoms with Crippen LogP contribution >= 0.6 is 0 Å². The summed E-state index contributed by atoms with van der Waals surface area (Å²) in [5.74, 6) is 0.821. The Bertz CT molecular complexity index is 332. The standard InChI is InChI=1S/C16H30N2O2/c1-16(2,3)20-15(19)13-7-10-18(4)14(11-13)12-5-8-17-9-6-12/h12-14,17H,5-11H2,1-4H3. The van der Waals surface area contributed by atoms with Gasteiger partial charge >= 0.3 is 5.97 Å². The molecule has 1 N–H and O–H groups in total. The molecule has 116 valence electrons. The van der Waals surface area contributed by atoms with Gasteiger partial charge in [0.1, 0.15) is 5.60 Å². The molecule has 4 heteroatoms. The summed E-state index contributed by atoms with van der Waals surface area (Å²) in [6.07, 6.45) is 4.37. The van der Waals surface area contributed by atoms with Crippen LogP contribution in [-0.4, -0.2) is 49.2 Å². The highest BCUT2D eigenvalue weighted by atomic mass is 16.6. The lowest BCUT2D eigenvalue weighted by Crippen LogP contribution is -2.49. The molecule has 0 amide bonds. The Balaban J connectivity index is 1.94. The van der Waals surface area contributed by atoms with Crippen LogP contribution in [-0.2, 0) is 9.53 Å². The Hall–Kier alpha value is -0.610. The largest absolute Gasteiger partial charge is 0.460 e. The Labute approximate surface area is 123 Å². The second-order valence-corrected chi connectivity index (χ2v) is 7.39. The van der Waals surface area contributed by atoms with Crippen molar-refractivity contribution >= 4 is 5.97 Å². The van der Waals surface area contributed by atoms with Crippen molar-refractivity contribution in [1.29, 1.82) is 0 Å². The molecule has 0 aromatic carbocycles. The molecule has 0 spiro atoms. The number of rotatable bonds is 2. The molecule has 2 saturated heterocycles. The smallest absolute Gasteiger partial charge is 0.309 e. The van der Waals surface area contributed by atoms with E-state index in [0.717, 1.165) is 38.4 Å². The lowest BCUT2D eigenvalue weighted by atomic mass is 9.80. The zero-order valence-corrected chi connectivity index (χ0v) is 13.4. The average Bonchev–Trinajstić information content (AvgIpc) is 2.38. The van der Waals surface area contributed by atoms with E-state index < -0.39 is 0 Å². The highest BCUT2D eigenvalue weighted by molar-refractivity contribution is 5.73. The van der Waals surface area contributed by atoms with Crippen LogP contribution in [0.5, 0.6) is 0 Å². The van der Waals surface area contributed by atoms with Gasteiger partial charge in [-0.15, -0.1) is 0 Å². The predicted molar refractivity (Wildman–Crippen MR) is 80.6 cm³/mol. The summed E-state index contributed by atoms with van der Waals surface area (Å²) in [4.78, 5) is 14.8. The van der Waals surface area contributed by atoms with E-state index in [9.17, 15) is 4.79 Å². The fourth-order valence-electron chi connectivity index (χ4n) is 3.50. The first kappa shape index (κ1) is 15.8. The number of ether oxygens (including phenoxy) is 1. The van der Waals surface area contributed by atoms with Gasteiger partial charge in [-0.05, 0) is 79.1 Å². The molecule has 0 bridgehead atoms. The molecule has 2 atom stereocenters. The van der Waals surface area contributed by atoms with Gasteiger partial charge in [0.25, 0.3) is 0 Å². The third-order valence-corrected chi connectivity index (χ3v) is 4.59. The van der Waals surface area contributed by atoms with Crippen molar-refractivity contribution in [2.45, 2.75) is 58.1 Å². The van der Waals surface area contributed by atoms with Crippen molar-refractivity contribution in [1.82, 2.24) is 10.2 Å². The zero-order chi connectivity index (χ0) is 14.8. The minimum Gasteiger partial charge on any atom is -0.460 e. The SMILES string of the molecule is CN1CCC(C(=O)OC(C)(C)C)CC1C1CCNCC1. The normalized spacial score (nSPS) is 30.2. The van der Waals surface area contributed by atoms with E-state index in [1.165, 1.54) is 12.8 Å². The summed E-state index contributed by atoms with van der Waals surface area (Å²) in [6.45, 7) is 9.09. The molecule has 2 aliphatic rings. The molecule has 20 heavy (non-hydrogen) atoms. The van der Waals surface area contributed by atoms with Gasteiger partial charge in [-0.25, -0.2) is 0 Å². The fraction of sp³-hybridized carbons (Fsp3) is 0.938. The Morgan fingerprint density at radius 3 is 2.45 bits per heavy atom. The lowest BCUT2D eigenvalue weighted by molar-refractivity contribution is -0.162. The second kappa shape index (κ2) is 6.44. The number of nitrogens with one attached hydrogen (secondary N) is 1. The van der Waals surface area contributed by atoms with E-state index in [2.05, 4.69) is 17.3 Å². The van der Waals surface area contributed by atoms with E-state index in [-0.39, 0.29) is 17.5 Å². The molecule has 2 fully saturated rings. The van der Waals surface area contributed by atoms with E-state index in [1.807, 2.05) is 20.8 Å². The van der Waals surface area contributed by atoms with Gasteiger partial charge in [-0.3, -0.25) is 4.79 Å². The van der Waals surface area contributed by atoms with Crippen LogP contribution in [0.2, 0.25) is 0 Å². The number of piperidine rings is 2. The lowest BCUT2D eigenvalue weighted by Gasteiger charge is -2.42. The van der Waals surface area contributed by atoms with Gasteiger partial charge in [-0.2, -0.15) is 0 Å². The second-order valence-electron chi connectivity index (χ2n) is 7.39. The third kappa shape index (κ3) is 4.19. The molecule has 0 aromatic rings. The van der Waals surface area contributed by atoms with Gasteiger partial charge in [0.15, 0.2) is 0 Å². The maximum atomic E-state index is 12.3. The zero-order valence-electron chi connectivity index (χ0n) is 13.4. The average molecular weight is 282 g/mol. The maximum absolute atomic E-state index is 12.3. The van der Waals surface area contributed by atoms with Gasteiger partial charge in [0.05, 0.1) is 5.92 Å². The minimum absolute atomic E-state index is 0.00420. The Morgan fingerprint density at radius 2 is 1.85 bits per heavy atom. The van der Waals surface area contributed by atoms with Gasteiger partial charge < -0.3 is 15.0 Å². The van der Waals surface area contributed by atoms with Crippen molar-refractivity contribution in [3.8, 4) is 0 Å². The van der Waals surface area contributed by atoms with Crippen LogP contribution in [0.4, 0.5) is 0 Å². The molecule has 2 unspecified atom stereocenters. The number of esters is 1. The van der Waals surface area contributed by atoms with E-state index in [4.69, 9.17) is 4.74 Å². The molecule has 4 nitrogen and oxygen atoms in total. The van der Waals surface area contributed by atoms with E-state index in [0.29, 0.717) is 6.04 Å². The van der Waals surface area contributed by atoms with Crippen molar-refractivity contribution in [3.63, 3.8) is 0 Å². The number of hydrogen-bond acceptors (Lipinski definition) is 4. The van der Waals surface area contributed by atoms with Crippen LogP contribution in [0, 0.1) is 11.8 Å². The predicted octanol–water partition coefficient (Wildman–Crippen LogP) is 2.04. The van der Waals surface area contributed by atoms with Crippen LogP contribution in [0.25, 0.3) is 0 Å². The highest BCUT2D eigenvalue weighted by Crippen LogP contribution is 2.32. The molecule has 2 heterocycles. The summed E-state index contributed by atoms with van der Waals surface area (Å²) >= 11 is 0. The molecule has 2 aliphatic heterocycles. The topological polar surface area (TPSA) is 41.6 Å². The van der Waals surface area contributed by atoms with Crippen molar-refractivity contribution in [3.05, 3.63) is 0 Å². The number of likely N-dealkylation sites (tertiary alicyclic amines) is 1. The molecule has 0 radical (unpaired) electrons. The summed E-state index contributed by atoms with van der Waals surface area (Å²) in [5.41, 5.74) is -0.370. The Kier molecular flexibility index (Phi) is 5.08. The first-order valence-electron chi connectivity index (χ1n) is 8.00. The first-order chi connectivity index (χ1) is 9.37. The van der Waals surface area contributed by atoms with Gasteiger partial charge in [0.2, 0.25) is 0 Å². The maximum Gasteiger partial charge on any atom is 0.309 e. The van der Waals surface area contributed by atoms with Crippen molar-refractivity contribution in [2.75, 3.05) is 26.7 Å². The molecule has 2 rings (SSSR count). The monoisotopic (exact) mass is 282 g/mol. The van der Waals surface area contributed by atoms with Gasteiger partial charge in [-0.1, -0.05) is 0 Å². The van der Waals surface area contributed by atoms with Crippen molar-refractivity contribution < 1.29 is 9.53 Å². The molecular weight excluding hydrogens is 252 g/mol. The highest BCUT2D eigenvalue weighted by Gasteiger charge is 2.37. The van der Waals surface area contributed by atoms with E-state index >= 15 is 0 Å².